The third-order valence-electron chi connectivity index (χ3n) is 4.53. The standard InChI is InChI=1S/C14H28N2O/c1-11(2)16(13-8-14(17)9-13)10-12-4-6-15(3)7-5-12/h11-14,17H,4-10H2,1-3H3. The highest BCUT2D eigenvalue weighted by atomic mass is 16.3. The van der Waals surface area contributed by atoms with Crippen molar-refractivity contribution >= 4 is 0 Å². The van der Waals surface area contributed by atoms with E-state index in [1.807, 2.05) is 0 Å². The summed E-state index contributed by atoms with van der Waals surface area (Å²) in [6.45, 7) is 8.33. The van der Waals surface area contributed by atoms with Gasteiger partial charge >= 0.3 is 0 Å². The Morgan fingerprint density at radius 1 is 1.24 bits per heavy atom. The van der Waals surface area contributed by atoms with Crippen molar-refractivity contribution in [1.82, 2.24) is 9.80 Å². The number of nitrogens with zero attached hydrogens (tertiary/aromatic N) is 2. The molecule has 1 aliphatic heterocycles. The Bertz CT molecular complexity index is 230. The van der Waals surface area contributed by atoms with E-state index in [9.17, 15) is 5.11 Å². The topological polar surface area (TPSA) is 26.7 Å². The van der Waals surface area contributed by atoms with Crippen LogP contribution in [0.3, 0.4) is 0 Å². The van der Waals surface area contributed by atoms with Gasteiger partial charge in [0.2, 0.25) is 0 Å². The van der Waals surface area contributed by atoms with Crippen LogP contribution in [0.4, 0.5) is 0 Å². The summed E-state index contributed by atoms with van der Waals surface area (Å²) in [7, 11) is 2.22. The van der Waals surface area contributed by atoms with Crippen LogP contribution in [0.15, 0.2) is 0 Å². The Balaban J connectivity index is 1.81. The third kappa shape index (κ3) is 3.43. The lowest BCUT2D eigenvalue weighted by Crippen LogP contribution is -2.52. The summed E-state index contributed by atoms with van der Waals surface area (Å²) in [5, 5.41) is 9.46. The van der Waals surface area contributed by atoms with Crippen LogP contribution in [0.25, 0.3) is 0 Å². The van der Waals surface area contributed by atoms with Crippen LogP contribution < -0.4 is 0 Å². The molecule has 0 aromatic heterocycles. The van der Waals surface area contributed by atoms with E-state index < -0.39 is 0 Å². The molecule has 1 heterocycles. The third-order valence-corrected chi connectivity index (χ3v) is 4.53. The van der Waals surface area contributed by atoms with Crippen molar-refractivity contribution in [3.8, 4) is 0 Å². The van der Waals surface area contributed by atoms with Gasteiger partial charge in [-0.05, 0) is 65.6 Å². The molecule has 2 fully saturated rings. The fraction of sp³-hybridized carbons (Fsp3) is 1.00. The van der Waals surface area contributed by atoms with Crippen LogP contribution in [-0.4, -0.2) is 59.8 Å². The van der Waals surface area contributed by atoms with Gasteiger partial charge < -0.3 is 10.0 Å². The van der Waals surface area contributed by atoms with E-state index in [4.69, 9.17) is 0 Å². The summed E-state index contributed by atoms with van der Waals surface area (Å²) in [6.07, 6.45) is 4.64. The van der Waals surface area contributed by atoms with Crippen molar-refractivity contribution in [2.24, 2.45) is 5.92 Å². The number of likely N-dealkylation sites (tertiary alicyclic amines) is 1. The molecule has 2 aliphatic rings. The first-order valence-electron chi connectivity index (χ1n) is 7.18. The second-order valence-electron chi connectivity index (χ2n) is 6.32. The zero-order valence-corrected chi connectivity index (χ0v) is 11.6. The molecule has 0 radical (unpaired) electrons. The number of aliphatic hydroxyl groups excluding tert-OH is 1. The first-order chi connectivity index (χ1) is 8.06. The van der Waals surface area contributed by atoms with Gasteiger partial charge in [0, 0.05) is 18.6 Å². The first kappa shape index (κ1) is 13.3. The Morgan fingerprint density at radius 2 is 1.82 bits per heavy atom. The zero-order chi connectivity index (χ0) is 12.4. The first-order valence-corrected chi connectivity index (χ1v) is 7.18. The minimum atomic E-state index is -0.0289. The lowest BCUT2D eigenvalue weighted by atomic mass is 9.85. The molecule has 1 aliphatic carbocycles. The summed E-state index contributed by atoms with van der Waals surface area (Å²) >= 11 is 0. The highest BCUT2D eigenvalue weighted by molar-refractivity contribution is 4.89. The number of hydrogen-bond acceptors (Lipinski definition) is 3. The lowest BCUT2D eigenvalue weighted by molar-refractivity contribution is -0.0214. The van der Waals surface area contributed by atoms with E-state index in [1.54, 1.807) is 0 Å². The molecule has 0 amide bonds. The van der Waals surface area contributed by atoms with Gasteiger partial charge in [0.25, 0.3) is 0 Å². The van der Waals surface area contributed by atoms with Gasteiger partial charge in [0.1, 0.15) is 0 Å². The molecule has 1 N–H and O–H groups in total. The van der Waals surface area contributed by atoms with Crippen molar-refractivity contribution < 1.29 is 5.11 Å². The zero-order valence-electron chi connectivity index (χ0n) is 11.6. The maximum absolute atomic E-state index is 9.46. The van der Waals surface area contributed by atoms with Gasteiger partial charge in [0.05, 0.1) is 6.10 Å². The van der Waals surface area contributed by atoms with E-state index in [2.05, 4.69) is 30.7 Å². The lowest BCUT2D eigenvalue weighted by Gasteiger charge is -2.45. The van der Waals surface area contributed by atoms with E-state index in [1.165, 1.54) is 32.5 Å². The summed E-state index contributed by atoms with van der Waals surface area (Å²) in [6, 6.07) is 1.26. The average molecular weight is 240 g/mol. The second kappa shape index (κ2) is 5.68. The van der Waals surface area contributed by atoms with Crippen molar-refractivity contribution in [2.75, 3.05) is 26.7 Å². The molecule has 0 aromatic carbocycles. The summed E-state index contributed by atoms with van der Waals surface area (Å²) in [5.41, 5.74) is 0. The highest BCUT2D eigenvalue weighted by Crippen LogP contribution is 2.29. The summed E-state index contributed by atoms with van der Waals surface area (Å²) < 4.78 is 0. The summed E-state index contributed by atoms with van der Waals surface area (Å²) in [4.78, 5) is 5.06. The molecular formula is C14H28N2O. The quantitative estimate of drug-likeness (QED) is 0.808. The second-order valence-corrected chi connectivity index (χ2v) is 6.32. The molecular weight excluding hydrogens is 212 g/mol. The number of rotatable bonds is 4. The molecule has 0 spiro atoms. The average Bonchev–Trinajstić information content (AvgIpc) is 2.24. The molecule has 3 nitrogen and oxygen atoms in total. The van der Waals surface area contributed by atoms with Gasteiger partial charge in [-0.1, -0.05) is 0 Å². The van der Waals surface area contributed by atoms with Crippen molar-refractivity contribution in [1.29, 1.82) is 0 Å². The molecule has 3 heteroatoms. The Labute approximate surface area is 106 Å². The van der Waals surface area contributed by atoms with Crippen LogP contribution >= 0.6 is 0 Å². The highest BCUT2D eigenvalue weighted by Gasteiger charge is 2.34. The van der Waals surface area contributed by atoms with Crippen LogP contribution in [-0.2, 0) is 0 Å². The number of hydrogen-bond donors (Lipinski definition) is 1. The van der Waals surface area contributed by atoms with Crippen LogP contribution in [0.5, 0.6) is 0 Å². The van der Waals surface area contributed by atoms with Crippen LogP contribution in [0.1, 0.15) is 39.5 Å². The molecule has 1 saturated carbocycles. The monoisotopic (exact) mass is 240 g/mol. The molecule has 0 bridgehead atoms. The summed E-state index contributed by atoms with van der Waals surface area (Å²) in [5.74, 6) is 0.867. The maximum Gasteiger partial charge on any atom is 0.0570 e. The molecule has 2 rings (SSSR count). The number of aliphatic hydroxyl groups is 1. The number of piperidine rings is 1. The van der Waals surface area contributed by atoms with Gasteiger partial charge in [-0.2, -0.15) is 0 Å². The minimum Gasteiger partial charge on any atom is -0.393 e. The SMILES string of the molecule is CC(C)N(CC1CCN(C)CC1)C1CC(O)C1. The Kier molecular flexibility index (Phi) is 4.45. The minimum absolute atomic E-state index is 0.0289. The van der Waals surface area contributed by atoms with Crippen molar-refractivity contribution in [3.05, 3.63) is 0 Å². The van der Waals surface area contributed by atoms with Gasteiger partial charge in [-0.15, -0.1) is 0 Å². The fourth-order valence-electron chi connectivity index (χ4n) is 3.15. The largest absolute Gasteiger partial charge is 0.393 e. The van der Waals surface area contributed by atoms with E-state index in [0.717, 1.165) is 18.8 Å². The van der Waals surface area contributed by atoms with Crippen molar-refractivity contribution in [3.63, 3.8) is 0 Å². The predicted molar refractivity (Wildman–Crippen MR) is 71.1 cm³/mol. The van der Waals surface area contributed by atoms with Gasteiger partial charge in [-0.25, -0.2) is 0 Å². The van der Waals surface area contributed by atoms with E-state index >= 15 is 0 Å². The van der Waals surface area contributed by atoms with Gasteiger partial charge in [0.15, 0.2) is 0 Å². The molecule has 0 aromatic rings. The smallest absolute Gasteiger partial charge is 0.0570 e. The van der Waals surface area contributed by atoms with E-state index in [0.29, 0.717) is 12.1 Å². The van der Waals surface area contributed by atoms with Gasteiger partial charge in [-0.3, -0.25) is 4.90 Å². The fourth-order valence-corrected chi connectivity index (χ4v) is 3.15. The molecule has 0 atom stereocenters. The maximum atomic E-state index is 9.46. The molecule has 100 valence electrons. The molecule has 0 unspecified atom stereocenters. The van der Waals surface area contributed by atoms with Crippen molar-refractivity contribution in [2.45, 2.75) is 57.7 Å². The molecule has 17 heavy (non-hydrogen) atoms. The predicted octanol–water partition coefficient (Wildman–Crippen LogP) is 1.56. The van der Waals surface area contributed by atoms with Crippen LogP contribution in [0, 0.1) is 5.92 Å². The van der Waals surface area contributed by atoms with Crippen LogP contribution in [0.2, 0.25) is 0 Å². The Hall–Kier alpha value is -0.120. The normalized spacial score (nSPS) is 32.1. The van der Waals surface area contributed by atoms with E-state index in [-0.39, 0.29) is 6.10 Å². The Morgan fingerprint density at radius 3 is 2.29 bits per heavy atom. The molecule has 1 saturated heterocycles.